The quantitative estimate of drug-likeness (QED) is 0.895. The Morgan fingerprint density at radius 2 is 2.00 bits per heavy atom. The first kappa shape index (κ1) is 14.2. The zero-order valence-electron chi connectivity index (χ0n) is 13.0. The topological polar surface area (TPSA) is 70.1 Å². The van der Waals surface area contributed by atoms with Gasteiger partial charge >= 0.3 is 0 Å². The molecular weight excluding hydrogens is 288 g/mol. The number of fused-ring (bicyclic) bond motifs is 1. The molecule has 1 aromatic carbocycles. The second-order valence-corrected chi connectivity index (χ2v) is 6.30. The highest BCUT2D eigenvalue weighted by atomic mass is 16.1. The van der Waals surface area contributed by atoms with E-state index in [-0.39, 0.29) is 11.8 Å². The Bertz CT molecular complexity index is 763. The molecule has 0 atom stereocenters. The van der Waals surface area contributed by atoms with Gasteiger partial charge in [0.05, 0.1) is 17.6 Å². The van der Waals surface area contributed by atoms with Crippen molar-refractivity contribution in [3.8, 4) is 0 Å². The molecule has 2 N–H and O–H groups in total. The molecule has 5 heteroatoms. The lowest BCUT2D eigenvalue weighted by molar-refractivity contribution is -0.124. The van der Waals surface area contributed by atoms with Crippen LogP contribution in [0.15, 0.2) is 35.3 Å². The first-order chi connectivity index (χ1) is 11.3. The lowest BCUT2D eigenvalue weighted by atomic mass is 9.89. The maximum absolute atomic E-state index is 12.3. The van der Waals surface area contributed by atoms with E-state index in [1.165, 1.54) is 6.42 Å². The van der Waals surface area contributed by atoms with Crippen LogP contribution in [0, 0.1) is 5.92 Å². The Balaban J connectivity index is 1.46. The van der Waals surface area contributed by atoms with Crippen LogP contribution in [-0.2, 0) is 4.79 Å². The number of aliphatic imine (C=N–C) groups is 1. The zero-order valence-corrected chi connectivity index (χ0v) is 13.0. The minimum atomic E-state index is 0.116. The number of para-hydroxylation sites is 2. The van der Waals surface area contributed by atoms with Crippen LogP contribution < -0.4 is 5.32 Å². The summed E-state index contributed by atoms with van der Waals surface area (Å²) >= 11 is 0. The Hall–Kier alpha value is -2.43. The van der Waals surface area contributed by atoms with Gasteiger partial charge in [0.2, 0.25) is 5.91 Å². The van der Waals surface area contributed by atoms with Gasteiger partial charge in [0, 0.05) is 11.5 Å². The molecule has 1 fully saturated rings. The normalized spacial score (nSPS) is 18.8. The molecule has 0 unspecified atom stereocenters. The number of carbonyl (C=O) groups is 1. The fraction of sp³-hybridized carbons (Fsp3) is 0.389. The van der Waals surface area contributed by atoms with Gasteiger partial charge in [0.15, 0.2) is 0 Å². The largest absolute Gasteiger partial charge is 0.338 e. The van der Waals surface area contributed by atoms with E-state index >= 15 is 0 Å². The van der Waals surface area contributed by atoms with Gasteiger partial charge in [-0.15, -0.1) is 0 Å². The Kier molecular flexibility index (Phi) is 3.69. The van der Waals surface area contributed by atoms with E-state index in [1.807, 2.05) is 30.3 Å². The average molecular weight is 308 g/mol. The maximum atomic E-state index is 12.3. The second-order valence-electron chi connectivity index (χ2n) is 6.30. The number of nitrogens with zero attached hydrogens (tertiary/aromatic N) is 2. The lowest BCUT2D eigenvalue weighted by Gasteiger charge is -2.20. The first-order valence-corrected chi connectivity index (χ1v) is 8.30. The highest BCUT2D eigenvalue weighted by molar-refractivity contribution is 6.10. The van der Waals surface area contributed by atoms with Crippen LogP contribution in [0.5, 0.6) is 0 Å². The van der Waals surface area contributed by atoms with E-state index in [4.69, 9.17) is 0 Å². The molecule has 5 nitrogen and oxygen atoms in total. The molecule has 2 heterocycles. The number of H-pyrrole nitrogens is 1. The number of carbonyl (C=O) groups excluding carboxylic acids is 1. The van der Waals surface area contributed by atoms with Gasteiger partial charge in [0.25, 0.3) is 0 Å². The number of amidine groups is 1. The molecule has 0 saturated heterocycles. The van der Waals surface area contributed by atoms with Gasteiger partial charge in [-0.1, -0.05) is 31.4 Å². The van der Waals surface area contributed by atoms with E-state index < -0.39 is 0 Å². The van der Waals surface area contributed by atoms with Crippen molar-refractivity contribution in [3.05, 3.63) is 36.2 Å². The highest BCUT2D eigenvalue weighted by Crippen LogP contribution is 2.24. The Morgan fingerprint density at radius 1 is 1.17 bits per heavy atom. The molecular formula is C18H20N4O. The third-order valence-corrected chi connectivity index (χ3v) is 4.65. The summed E-state index contributed by atoms with van der Waals surface area (Å²) in [7, 11) is 0. The molecule has 2 aliphatic rings. The summed E-state index contributed by atoms with van der Waals surface area (Å²) in [5.41, 5.74) is 2.98. The number of hydrogen-bond donors (Lipinski definition) is 2. The molecule has 4 rings (SSSR count). The van der Waals surface area contributed by atoms with Crippen LogP contribution in [0.25, 0.3) is 16.6 Å². The minimum absolute atomic E-state index is 0.116. The van der Waals surface area contributed by atoms with Gasteiger partial charge in [0.1, 0.15) is 11.7 Å². The fourth-order valence-corrected chi connectivity index (χ4v) is 3.34. The van der Waals surface area contributed by atoms with Gasteiger partial charge in [-0.25, -0.2) is 4.98 Å². The summed E-state index contributed by atoms with van der Waals surface area (Å²) < 4.78 is 0. The van der Waals surface area contributed by atoms with E-state index in [9.17, 15) is 4.79 Å². The first-order valence-electron chi connectivity index (χ1n) is 8.30. The Labute approximate surface area is 134 Å². The third kappa shape index (κ3) is 2.91. The number of imidazole rings is 1. The van der Waals surface area contributed by atoms with Crippen molar-refractivity contribution in [2.75, 3.05) is 6.54 Å². The van der Waals surface area contributed by atoms with Crippen molar-refractivity contribution in [1.29, 1.82) is 0 Å². The molecule has 23 heavy (non-hydrogen) atoms. The molecule has 0 spiro atoms. The highest BCUT2D eigenvalue weighted by Gasteiger charge is 2.23. The van der Waals surface area contributed by atoms with Gasteiger partial charge in [-0.2, -0.15) is 0 Å². The summed E-state index contributed by atoms with van der Waals surface area (Å²) in [6.45, 7) is 0.556. The van der Waals surface area contributed by atoms with Crippen molar-refractivity contribution in [3.63, 3.8) is 0 Å². The monoisotopic (exact) mass is 308 g/mol. The molecule has 1 aliphatic carbocycles. The Morgan fingerprint density at radius 3 is 2.83 bits per heavy atom. The summed E-state index contributed by atoms with van der Waals surface area (Å²) in [5, 5.41) is 2.98. The number of rotatable bonds is 2. The molecule has 0 radical (unpaired) electrons. The molecule has 1 aliphatic heterocycles. The summed E-state index contributed by atoms with van der Waals surface area (Å²) in [6, 6.07) is 7.95. The smallest absolute Gasteiger partial charge is 0.228 e. The van der Waals surface area contributed by atoms with Crippen molar-refractivity contribution in [1.82, 2.24) is 15.3 Å². The number of aromatic nitrogens is 2. The van der Waals surface area contributed by atoms with E-state index in [0.717, 1.165) is 48.1 Å². The van der Waals surface area contributed by atoms with Crippen LogP contribution in [0.2, 0.25) is 0 Å². The van der Waals surface area contributed by atoms with Crippen LogP contribution in [-0.4, -0.2) is 28.3 Å². The van der Waals surface area contributed by atoms with Crippen LogP contribution in [0.3, 0.4) is 0 Å². The SMILES string of the molecule is O=C(NC1=NCC(c2nc3ccccc3[nH]2)=C1)C1CCCCC1. The van der Waals surface area contributed by atoms with Crippen LogP contribution >= 0.6 is 0 Å². The van der Waals surface area contributed by atoms with Gasteiger partial charge < -0.3 is 10.3 Å². The van der Waals surface area contributed by atoms with Gasteiger partial charge in [-0.3, -0.25) is 9.79 Å². The van der Waals surface area contributed by atoms with Crippen molar-refractivity contribution in [2.24, 2.45) is 10.9 Å². The number of aromatic amines is 1. The minimum Gasteiger partial charge on any atom is -0.338 e. The molecule has 1 aromatic heterocycles. The van der Waals surface area contributed by atoms with E-state index in [1.54, 1.807) is 0 Å². The molecule has 2 aromatic rings. The van der Waals surface area contributed by atoms with Gasteiger partial charge in [-0.05, 0) is 31.1 Å². The second kappa shape index (κ2) is 5.99. The summed E-state index contributed by atoms with van der Waals surface area (Å²) in [5.74, 6) is 1.76. The number of hydrogen-bond acceptors (Lipinski definition) is 3. The molecule has 1 saturated carbocycles. The molecule has 118 valence electrons. The zero-order chi connectivity index (χ0) is 15.6. The number of benzene rings is 1. The maximum Gasteiger partial charge on any atom is 0.228 e. The van der Waals surface area contributed by atoms with Crippen LogP contribution in [0.4, 0.5) is 0 Å². The number of nitrogens with one attached hydrogen (secondary N) is 2. The average Bonchev–Trinajstić information content (AvgIpc) is 3.21. The predicted molar refractivity (Wildman–Crippen MR) is 91.1 cm³/mol. The van der Waals surface area contributed by atoms with Crippen molar-refractivity contribution < 1.29 is 4.79 Å². The van der Waals surface area contributed by atoms with Crippen molar-refractivity contribution in [2.45, 2.75) is 32.1 Å². The molecule has 1 amide bonds. The summed E-state index contributed by atoms with van der Waals surface area (Å²) in [6.07, 6.45) is 7.49. The van der Waals surface area contributed by atoms with E-state index in [0.29, 0.717) is 12.4 Å². The number of amides is 1. The van der Waals surface area contributed by atoms with E-state index in [2.05, 4.69) is 20.3 Å². The lowest BCUT2D eigenvalue weighted by Crippen LogP contribution is -2.35. The fourth-order valence-electron chi connectivity index (χ4n) is 3.34. The predicted octanol–water partition coefficient (Wildman–Crippen LogP) is 3.05. The van der Waals surface area contributed by atoms with Crippen LogP contribution in [0.1, 0.15) is 37.9 Å². The standard InChI is InChI=1S/C18H20N4O/c23-18(12-6-2-1-3-7-12)22-16-10-13(11-19-16)17-20-14-8-4-5-9-15(14)21-17/h4-5,8-10,12H,1-3,6-7,11H2,(H,20,21)(H,19,22,23). The summed E-state index contributed by atoms with van der Waals surface area (Å²) in [4.78, 5) is 24.6. The third-order valence-electron chi connectivity index (χ3n) is 4.65. The molecule has 0 bridgehead atoms. The van der Waals surface area contributed by atoms with Crippen molar-refractivity contribution >= 4 is 28.3 Å².